The second kappa shape index (κ2) is 3.09. The minimum Gasteiger partial charge on any atom is -0.432 e. The Labute approximate surface area is 84.1 Å². The van der Waals surface area contributed by atoms with Crippen molar-refractivity contribution >= 4 is 5.97 Å². The first-order chi connectivity index (χ1) is 6.48. The molecule has 2 unspecified atom stereocenters. The molecule has 1 aliphatic carbocycles. The van der Waals surface area contributed by atoms with Crippen LogP contribution in [-0.4, -0.2) is 18.4 Å². The molecule has 0 amide bonds. The molecular weight excluding hydrogens is 180 g/mol. The Morgan fingerprint density at radius 1 is 1.43 bits per heavy atom. The third-order valence-corrected chi connectivity index (χ3v) is 2.58. The van der Waals surface area contributed by atoms with E-state index in [4.69, 9.17) is 9.47 Å². The van der Waals surface area contributed by atoms with Gasteiger partial charge in [0.15, 0.2) is 0 Å². The summed E-state index contributed by atoms with van der Waals surface area (Å²) in [7, 11) is 0. The molecule has 1 heterocycles. The topological polar surface area (TPSA) is 35.5 Å². The summed E-state index contributed by atoms with van der Waals surface area (Å²) in [5, 5.41) is 0. The summed E-state index contributed by atoms with van der Waals surface area (Å²) < 4.78 is 11.0. The molecule has 78 valence electrons. The Bertz CT molecular complexity index is 285. The van der Waals surface area contributed by atoms with E-state index < -0.39 is 6.29 Å². The zero-order valence-corrected chi connectivity index (χ0v) is 8.87. The van der Waals surface area contributed by atoms with E-state index in [1.54, 1.807) is 0 Å². The van der Waals surface area contributed by atoms with Crippen LogP contribution in [0.25, 0.3) is 0 Å². The van der Waals surface area contributed by atoms with Gasteiger partial charge in [-0.25, -0.2) is 4.79 Å². The highest BCUT2D eigenvalue weighted by Crippen LogP contribution is 2.35. The lowest BCUT2D eigenvalue weighted by Gasteiger charge is -2.36. The summed E-state index contributed by atoms with van der Waals surface area (Å²) in [5.74, 6) is -0.196. The molecule has 0 N–H and O–H groups in total. The molecule has 1 fully saturated rings. The van der Waals surface area contributed by atoms with Gasteiger partial charge in [0.2, 0.25) is 6.29 Å². The van der Waals surface area contributed by atoms with E-state index in [2.05, 4.69) is 0 Å². The maximum absolute atomic E-state index is 11.6. The Hall–Kier alpha value is -0.830. The van der Waals surface area contributed by atoms with Gasteiger partial charge < -0.3 is 9.47 Å². The monoisotopic (exact) mass is 196 g/mol. The molecule has 0 saturated carbocycles. The molecule has 14 heavy (non-hydrogen) atoms. The van der Waals surface area contributed by atoms with Crippen molar-refractivity contribution in [3.05, 3.63) is 11.6 Å². The van der Waals surface area contributed by atoms with Gasteiger partial charge in [0.25, 0.3) is 0 Å². The highest BCUT2D eigenvalue weighted by molar-refractivity contribution is 5.90. The van der Waals surface area contributed by atoms with Crippen molar-refractivity contribution in [2.45, 2.75) is 46.0 Å². The third kappa shape index (κ3) is 1.57. The van der Waals surface area contributed by atoms with Crippen LogP contribution in [0.3, 0.4) is 0 Å². The number of esters is 1. The van der Waals surface area contributed by atoms with Gasteiger partial charge >= 0.3 is 5.97 Å². The molecule has 1 saturated heterocycles. The largest absolute Gasteiger partial charge is 0.432 e. The van der Waals surface area contributed by atoms with Gasteiger partial charge in [-0.15, -0.1) is 0 Å². The maximum Gasteiger partial charge on any atom is 0.338 e. The molecule has 2 aliphatic rings. The summed E-state index contributed by atoms with van der Waals surface area (Å²) in [6.45, 7) is 6.03. The molecule has 0 aromatic carbocycles. The first-order valence-electron chi connectivity index (χ1n) is 5.05. The molecule has 0 radical (unpaired) electrons. The highest BCUT2D eigenvalue weighted by atomic mass is 16.7. The minimum atomic E-state index is -0.407. The zero-order valence-electron chi connectivity index (χ0n) is 8.87. The Morgan fingerprint density at radius 2 is 2.14 bits per heavy atom. The van der Waals surface area contributed by atoms with Crippen molar-refractivity contribution in [1.82, 2.24) is 0 Å². The second-order valence-electron chi connectivity index (χ2n) is 4.96. The molecule has 3 heteroatoms. The van der Waals surface area contributed by atoms with Gasteiger partial charge in [0.1, 0.15) is 0 Å². The fourth-order valence-electron chi connectivity index (χ4n) is 1.76. The van der Waals surface area contributed by atoms with Gasteiger partial charge in [-0.05, 0) is 12.8 Å². The van der Waals surface area contributed by atoms with Crippen molar-refractivity contribution in [1.29, 1.82) is 0 Å². The van der Waals surface area contributed by atoms with Crippen molar-refractivity contribution in [3.8, 4) is 0 Å². The van der Waals surface area contributed by atoms with E-state index in [-0.39, 0.29) is 17.5 Å². The van der Waals surface area contributed by atoms with Crippen LogP contribution in [0.4, 0.5) is 0 Å². The Kier molecular flexibility index (Phi) is 2.14. The van der Waals surface area contributed by atoms with E-state index >= 15 is 0 Å². The van der Waals surface area contributed by atoms with Gasteiger partial charge in [0, 0.05) is 5.41 Å². The summed E-state index contributed by atoms with van der Waals surface area (Å²) in [6, 6.07) is 0. The summed E-state index contributed by atoms with van der Waals surface area (Å²) in [6.07, 6.45) is 3.32. The highest BCUT2D eigenvalue weighted by Gasteiger charge is 2.41. The molecule has 0 spiro atoms. The van der Waals surface area contributed by atoms with E-state index in [1.807, 2.05) is 26.8 Å². The Balaban J connectivity index is 2.15. The second-order valence-corrected chi connectivity index (χ2v) is 4.96. The standard InChI is InChI=1S/C11H16O3/c1-11(2,3)10-13-8-6-4-5-7(8)9(12)14-10/h5,8,10H,4,6H2,1-3H3. The quantitative estimate of drug-likeness (QED) is 0.556. The first kappa shape index (κ1) is 9.71. The van der Waals surface area contributed by atoms with Crippen molar-refractivity contribution in [2.75, 3.05) is 0 Å². The molecule has 0 aromatic rings. The fraction of sp³-hybridized carbons (Fsp3) is 0.727. The molecule has 2 rings (SSSR count). The smallest absolute Gasteiger partial charge is 0.338 e. The number of ether oxygens (including phenoxy) is 2. The van der Waals surface area contributed by atoms with E-state index in [0.29, 0.717) is 5.57 Å². The number of hydrogen-bond donors (Lipinski definition) is 0. The van der Waals surface area contributed by atoms with Crippen LogP contribution in [0.15, 0.2) is 11.6 Å². The van der Waals surface area contributed by atoms with Gasteiger partial charge in [-0.3, -0.25) is 0 Å². The normalized spacial score (nSPS) is 32.2. The average molecular weight is 196 g/mol. The predicted octanol–water partition coefficient (Wildman–Crippen LogP) is 2.02. The number of fused-ring (bicyclic) bond motifs is 1. The van der Waals surface area contributed by atoms with Crippen molar-refractivity contribution in [2.24, 2.45) is 5.41 Å². The van der Waals surface area contributed by atoms with Crippen molar-refractivity contribution in [3.63, 3.8) is 0 Å². The number of cyclic esters (lactones) is 1. The number of carbonyl (C=O) groups is 1. The SMILES string of the molecule is CC(C)(C)C1OC(=O)C2=CCCC2O1. The third-order valence-electron chi connectivity index (χ3n) is 2.58. The number of hydrogen-bond acceptors (Lipinski definition) is 3. The Morgan fingerprint density at radius 3 is 2.79 bits per heavy atom. The van der Waals surface area contributed by atoms with Gasteiger partial charge in [-0.1, -0.05) is 26.8 Å². The lowest BCUT2D eigenvalue weighted by Crippen LogP contribution is -2.43. The number of carbonyl (C=O) groups excluding carboxylic acids is 1. The fourth-order valence-corrected chi connectivity index (χ4v) is 1.76. The minimum absolute atomic E-state index is 0.0273. The predicted molar refractivity (Wildman–Crippen MR) is 51.5 cm³/mol. The van der Waals surface area contributed by atoms with Crippen LogP contribution in [0.1, 0.15) is 33.6 Å². The lowest BCUT2D eigenvalue weighted by molar-refractivity contribution is -0.227. The molecule has 0 bridgehead atoms. The van der Waals surface area contributed by atoms with Crippen LogP contribution in [0.5, 0.6) is 0 Å². The summed E-state index contributed by atoms with van der Waals surface area (Å²) >= 11 is 0. The van der Waals surface area contributed by atoms with Gasteiger partial charge in [-0.2, -0.15) is 0 Å². The van der Waals surface area contributed by atoms with Crippen LogP contribution in [-0.2, 0) is 14.3 Å². The molecular formula is C11H16O3. The van der Waals surface area contributed by atoms with Crippen LogP contribution >= 0.6 is 0 Å². The summed E-state index contributed by atoms with van der Waals surface area (Å²) in [5.41, 5.74) is 0.564. The number of rotatable bonds is 0. The van der Waals surface area contributed by atoms with E-state index in [1.165, 1.54) is 0 Å². The number of allylic oxidation sites excluding steroid dienone is 1. The zero-order chi connectivity index (χ0) is 10.3. The average Bonchev–Trinajstić information content (AvgIpc) is 2.50. The maximum atomic E-state index is 11.6. The van der Waals surface area contributed by atoms with Crippen molar-refractivity contribution < 1.29 is 14.3 Å². The van der Waals surface area contributed by atoms with E-state index in [0.717, 1.165) is 12.8 Å². The van der Waals surface area contributed by atoms with Crippen LogP contribution < -0.4 is 0 Å². The molecule has 2 atom stereocenters. The first-order valence-corrected chi connectivity index (χ1v) is 5.05. The molecule has 3 nitrogen and oxygen atoms in total. The van der Waals surface area contributed by atoms with Gasteiger partial charge in [0.05, 0.1) is 11.7 Å². The van der Waals surface area contributed by atoms with Crippen LogP contribution in [0.2, 0.25) is 0 Å². The van der Waals surface area contributed by atoms with Crippen LogP contribution in [0, 0.1) is 5.41 Å². The lowest BCUT2D eigenvalue weighted by atomic mass is 9.95. The molecule has 0 aromatic heterocycles. The summed E-state index contributed by atoms with van der Waals surface area (Å²) in [4.78, 5) is 11.6. The van der Waals surface area contributed by atoms with E-state index in [9.17, 15) is 4.79 Å². The molecule has 1 aliphatic heterocycles.